The van der Waals surface area contributed by atoms with Gasteiger partial charge in [0.15, 0.2) is 0 Å². The highest BCUT2D eigenvalue weighted by molar-refractivity contribution is 6.30. The van der Waals surface area contributed by atoms with Gasteiger partial charge >= 0.3 is 0 Å². The van der Waals surface area contributed by atoms with Gasteiger partial charge in [0, 0.05) is 23.8 Å². The third-order valence-electron chi connectivity index (χ3n) is 4.39. The number of aliphatic imine (C=N–C) groups is 2. The molecule has 25 heavy (non-hydrogen) atoms. The molecular weight excluding hydrogens is 323 g/mol. The number of hydrogen-bond donors (Lipinski definition) is 2. The molecule has 3 heterocycles. The van der Waals surface area contributed by atoms with Crippen molar-refractivity contribution in [3.05, 3.63) is 59.9 Å². The van der Waals surface area contributed by atoms with Gasteiger partial charge in [-0.15, -0.1) is 0 Å². The van der Waals surface area contributed by atoms with Gasteiger partial charge in [-0.05, 0) is 36.2 Å². The number of hydrogen-bond acceptors (Lipinski definition) is 4. The molecule has 2 aliphatic rings. The molecule has 0 aliphatic carbocycles. The van der Waals surface area contributed by atoms with Crippen molar-refractivity contribution < 1.29 is 14.0 Å². The van der Waals surface area contributed by atoms with Gasteiger partial charge in [0.05, 0.1) is 30.0 Å². The number of halogens is 1. The third-order valence-corrected chi connectivity index (χ3v) is 4.39. The lowest BCUT2D eigenvalue weighted by atomic mass is 9.88. The summed E-state index contributed by atoms with van der Waals surface area (Å²) in [5.74, 6) is -0.416. The number of furan rings is 1. The van der Waals surface area contributed by atoms with Crippen LogP contribution in [0.3, 0.4) is 0 Å². The first kappa shape index (κ1) is 15.5. The van der Waals surface area contributed by atoms with Crippen molar-refractivity contribution in [2.75, 3.05) is 0 Å². The number of benzene rings is 1. The van der Waals surface area contributed by atoms with Crippen LogP contribution in [0.4, 0.5) is 4.39 Å². The minimum absolute atomic E-state index is 0.0519. The Morgan fingerprint density at radius 3 is 2.92 bits per heavy atom. The van der Waals surface area contributed by atoms with Crippen molar-refractivity contribution in [1.82, 2.24) is 5.06 Å². The second-order valence-corrected chi connectivity index (χ2v) is 5.97. The highest BCUT2D eigenvalue weighted by Gasteiger charge is 2.31. The quantitative estimate of drug-likeness (QED) is 0.869. The van der Waals surface area contributed by atoms with Gasteiger partial charge in [-0.1, -0.05) is 6.07 Å². The summed E-state index contributed by atoms with van der Waals surface area (Å²) < 4.78 is 18.9. The molecule has 6 nitrogen and oxygen atoms in total. The molecule has 0 saturated carbocycles. The molecule has 2 aromatic rings. The molecule has 2 N–H and O–H groups in total. The van der Waals surface area contributed by atoms with Crippen LogP contribution >= 0.6 is 0 Å². The van der Waals surface area contributed by atoms with E-state index in [-0.39, 0.29) is 11.8 Å². The number of nitrogens with one attached hydrogen (secondary N) is 1. The zero-order valence-corrected chi connectivity index (χ0v) is 13.4. The van der Waals surface area contributed by atoms with Crippen molar-refractivity contribution in [2.24, 2.45) is 9.98 Å². The smallest absolute Gasteiger partial charge is 0.242 e. The number of fused-ring (bicyclic) bond motifs is 1. The molecule has 0 bridgehead atoms. The zero-order chi connectivity index (χ0) is 17.6. The molecule has 0 fully saturated rings. The van der Waals surface area contributed by atoms with E-state index < -0.39 is 6.04 Å². The lowest BCUT2D eigenvalue weighted by molar-refractivity contribution is -0.0807. The molecule has 0 radical (unpaired) electrons. The summed E-state index contributed by atoms with van der Waals surface area (Å²) in [6.07, 6.45) is 5.00. The molecule has 2 aliphatic heterocycles. The van der Waals surface area contributed by atoms with Crippen molar-refractivity contribution in [2.45, 2.75) is 19.4 Å². The predicted molar refractivity (Wildman–Crippen MR) is 91.4 cm³/mol. The van der Waals surface area contributed by atoms with Gasteiger partial charge in [0.2, 0.25) is 5.96 Å². The van der Waals surface area contributed by atoms with Gasteiger partial charge in [-0.3, -0.25) is 15.7 Å². The first-order valence-electron chi connectivity index (χ1n) is 7.76. The Bertz CT molecular complexity index is 944. The summed E-state index contributed by atoms with van der Waals surface area (Å²) in [6.45, 7) is 1.78. The van der Waals surface area contributed by atoms with Crippen LogP contribution < -0.4 is 0 Å². The van der Waals surface area contributed by atoms with Gasteiger partial charge in [-0.25, -0.2) is 14.4 Å². The van der Waals surface area contributed by atoms with E-state index in [1.54, 1.807) is 25.3 Å². The van der Waals surface area contributed by atoms with Gasteiger partial charge in [0.1, 0.15) is 5.82 Å². The molecule has 0 spiro atoms. The molecule has 0 saturated heterocycles. The Morgan fingerprint density at radius 1 is 1.32 bits per heavy atom. The van der Waals surface area contributed by atoms with Crippen LogP contribution in [0, 0.1) is 11.2 Å². The fourth-order valence-corrected chi connectivity index (χ4v) is 3.20. The van der Waals surface area contributed by atoms with E-state index >= 15 is 0 Å². The molecule has 1 aromatic heterocycles. The van der Waals surface area contributed by atoms with Crippen LogP contribution in [-0.4, -0.2) is 27.7 Å². The van der Waals surface area contributed by atoms with Crippen LogP contribution in [0.5, 0.6) is 0 Å². The van der Waals surface area contributed by atoms with E-state index in [1.807, 2.05) is 0 Å². The molecule has 1 atom stereocenters. The summed E-state index contributed by atoms with van der Waals surface area (Å²) in [6, 6.07) is 5.73. The average molecular weight is 338 g/mol. The van der Waals surface area contributed by atoms with Crippen LogP contribution in [0.15, 0.2) is 63.0 Å². The molecular formula is C18H15FN4O2. The Kier molecular flexibility index (Phi) is 3.58. The molecule has 4 rings (SSSR count). The fraction of sp³-hybridized carbons (Fsp3) is 0.167. The number of hydroxylamine groups is 2. The average Bonchev–Trinajstić information content (AvgIpc) is 3.10. The predicted octanol–water partition coefficient (Wildman–Crippen LogP) is 3.96. The Balaban J connectivity index is 1.81. The topological polar surface area (TPSA) is 85.2 Å². The number of guanidine groups is 1. The van der Waals surface area contributed by atoms with E-state index in [2.05, 4.69) is 9.98 Å². The maximum atomic E-state index is 13.8. The van der Waals surface area contributed by atoms with Crippen LogP contribution in [0.2, 0.25) is 0 Å². The summed E-state index contributed by atoms with van der Waals surface area (Å²) in [5.41, 5.74) is 4.16. The van der Waals surface area contributed by atoms with Crippen molar-refractivity contribution in [3.8, 4) is 11.1 Å². The molecule has 0 amide bonds. The second-order valence-electron chi connectivity index (χ2n) is 5.97. The summed E-state index contributed by atoms with van der Waals surface area (Å²) in [7, 11) is 0. The Hall–Kier alpha value is -3.06. The SMILES string of the molecule is CC1=NC(=N)N=C2CC(c3ccc(F)cc3-c3ccoc3)N(O)C=C12. The lowest BCUT2D eigenvalue weighted by Gasteiger charge is -2.33. The van der Waals surface area contributed by atoms with Crippen molar-refractivity contribution in [1.29, 1.82) is 5.41 Å². The van der Waals surface area contributed by atoms with E-state index in [0.717, 1.165) is 16.2 Å². The standard InChI is InChI=1S/C18H15FN4O2/c1-10-15-8-23(24)17(7-16(15)22-18(20)21-10)13-3-2-12(19)6-14(13)11-4-5-25-9-11/h2-6,8-9,17,20,24H,7H2,1H3. The van der Waals surface area contributed by atoms with Crippen LogP contribution in [0.1, 0.15) is 24.9 Å². The monoisotopic (exact) mass is 338 g/mol. The minimum Gasteiger partial charge on any atom is -0.472 e. The highest BCUT2D eigenvalue weighted by Crippen LogP contribution is 2.37. The first-order valence-corrected chi connectivity index (χ1v) is 7.76. The zero-order valence-electron chi connectivity index (χ0n) is 13.4. The summed E-state index contributed by atoms with van der Waals surface area (Å²) >= 11 is 0. The molecule has 1 unspecified atom stereocenters. The normalized spacial score (nSPS) is 20.0. The number of nitrogens with zero attached hydrogens (tertiary/aromatic N) is 3. The van der Waals surface area contributed by atoms with Crippen LogP contribution in [0.25, 0.3) is 11.1 Å². The summed E-state index contributed by atoms with van der Waals surface area (Å²) in [5, 5.41) is 19.3. The maximum Gasteiger partial charge on any atom is 0.242 e. The first-order chi connectivity index (χ1) is 12.0. The van der Waals surface area contributed by atoms with E-state index in [9.17, 15) is 9.60 Å². The number of allylic oxidation sites excluding steroid dienone is 1. The highest BCUT2D eigenvalue weighted by atomic mass is 19.1. The lowest BCUT2D eigenvalue weighted by Crippen LogP contribution is -2.33. The van der Waals surface area contributed by atoms with Crippen LogP contribution in [-0.2, 0) is 0 Å². The molecule has 126 valence electrons. The van der Waals surface area contributed by atoms with E-state index in [1.165, 1.54) is 24.7 Å². The molecule has 7 heteroatoms. The van der Waals surface area contributed by atoms with Crippen molar-refractivity contribution >= 4 is 17.4 Å². The van der Waals surface area contributed by atoms with Gasteiger partial charge < -0.3 is 4.42 Å². The van der Waals surface area contributed by atoms with Crippen molar-refractivity contribution in [3.63, 3.8) is 0 Å². The largest absolute Gasteiger partial charge is 0.472 e. The van der Waals surface area contributed by atoms with Gasteiger partial charge in [-0.2, -0.15) is 0 Å². The maximum absolute atomic E-state index is 13.8. The second kappa shape index (κ2) is 5.78. The fourth-order valence-electron chi connectivity index (χ4n) is 3.20. The molecule has 1 aromatic carbocycles. The Labute approximate surface area is 143 Å². The van der Waals surface area contributed by atoms with Gasteiger partial charge in [0.25, 0.3) is 0 Å². The van der Waals surface area contributed by atoms with E-state index in [4.69, 9.17) is 9.83 Å². The Morgan fingerprint density at radius 2 is 2.16 bits per heavy atom. The minimum atomic E-state index is -0.452. The van der Waals surface area contributed by atoms with E-state index in [0.29, 0.717) is 29.0 Å². The number of rotatable bonds is 2. The summed E-state index contributed by atoms with van der Waals surface area (Å²) in [4.78, 5) is 8.20. The third kappa shape index (κ3) is 2.68.